The van der Waals surface area contributed by atoms with E-state index in [9.17, 15) is 9.90 Å². The number of rotatable bonds is 4. The average Bonchev–Trinajstić information content (AvgIpc) is 2.25. The highest BCUT2D eigenvalue weighted by atomic mass is 16.3. The fourth-order valence-corrected chi connectivity index (χ4v) is 2.54. The standard InChI is InChI=1S/C14H28N2O2/c1-11(2)9-14(4,18)10-15-13(17)16-7-5-12(3)6-8-16/h11-12,18H,5-10H2,1-4H3,(H,15,17). The smallest absolute Gasteiger partial charge is 0.317 e. The van der Waals surface area contributed by atoms with Gasteiger partial charge in [0.05, 0.1) is 5.60 Å². The molecular formula is C14H28N2O2. The number of nitrogens with zero attached hydrogens (tertiary/aromatic N) is 1. The number of likely N-dealkylation sites (tertiary alicyclic amines) is 1. The van der Waals surface area contributed by atoms with E-state index < -0.39 is 5.60 Å². The van der Waals surface area contributed by atoms with Gasteiger partial charge in [-0.2, -0.15) is 0 Å². The fraction of sp³-hybridized carbons (Fsp3) is 0.929. The topological polar surface area (TPSA) is 52.6 Å². The van der Waals surface area contributed by atoms with E-state index in [4.69, 9.17) is 0 Å². The molecule has 1 saturated heterocycles. The molecule has 0 aromatic heterocycles. The Morgan fingerprint density at radius 2 is 2.00 bits per heavy atom. The minimum atomic E-state index is -0.813. The van der Waals surface area contributed by atoms with E-state index in [1.54, 1.807) is 6.92 Å². The maximum atomic E-state index is 11.9. The van der Waals surface area contributed by atoms with Crippen molar-refractivity contribution < 1.29 is 9.90 Å². The average molecular weight is 256 g/mol. The van der Waals surface area contributed by atoms with Gasteiger partial charge in [0.1, 0.15) is 0 Å². The van der Waals surface area contributed by atoms with Crippen LogP contribution >= 0.6 is 0 Å². The highest BCUT2D eigenvalue weighted by Crippen LogP contribution is 2.17. The third-order valence-electron chi connectivity index (χ3n) is 3.54. The van der Waals surface area contributed by atoms with Gasteiger partial charge < -0.3 is 15.3 Å². The predicted octanol–water partition coefficient (Wildman–Crippen LogP) is 2.22. The molecular weight excluding hydrogens is 228 g/mol. The first-order valence-corrected chi connectivity index (χ1v) is 7.05. The number of aliphatic hydroxyl groups is 1. The summed E-state index contributed by atoms with van der Waals surface area (Å²) in [5, 5.41) is 13.0. The molecule has 0 aromatic carbocycles. The van der Waals surface area contributed by atoms with Gasteiger partial charge in [0.25, 0.3) is 0 Å². The van der Waals surface area contributed by atoms with Gasteiger partial charge >= 0.3 is 6.03 Å². The van der Waals surface area contributed by atoms with E-state index >= 15 is 0 Å². The van der Waals surface area contributed by atoms with Gasteiger partial charge in [0, 0.05) is 19.6 Å². The lowest BCUT2D eigenvalue weighted by Crippen LogP contribution is -2.49. The maximum absolute atomic E-state index is 11.9. The molecule has 0 saturated carbocycles. The van der Waals surface area contributed by atoms with Crippen LogP contribution in [0.2, 0.25) is 0 Å². The van der Waals surface area contributed by atoms with Gasteiger partial charge in [-0.3, -0.25) is 0 Å². The van der Waals surface area contributed by atoms with Gasteiger partial charge in [-0.05, 0) is 38.0 Å². The molecule has 2 amide bonds. The summed E-state index contributed by atoms with van der Waals surface area (Å²) in [4.78, 5) is 13.8. The van der Waals surface area contributed by atoms with E-state index in [0.29, 0.717) is 18.9 Å². The number of piperidine rings is 1. The third kappa shape index (κ3) is 5.25. The van der Waals surface area contributed by atoms with Gasteiger partial charge in [-0.1, -0.05) is 20.8 Å². The van der Waals surface area contributed by atoms with E-state index in [1.807, 2.05) is 4.90 Å². The Morgan fingerprint density at radius 1 is 1.44 bits per heavy atom. The van der Waals surface area contributed by atoms with Crippen molar-refractivity contribution in [3.05, 3.63) is 0 Å². The molecule has 1 unspecified atom stereocenters. The van der Waals surface area contributed by atoms with E-state index in [1.165, 1.54) is 0 Å². The first kappa shape index (κ1) is 15.3. The first-order valence-electron chi connectivity index (χ1n) is 7.05. The Balaban J connectivity index is 2.32. The number of carbonyl (C=O) groups excluding carboxylic acids is 1. The van der Waals surface area contributed by atoms with Gasteiger partial charge in [0.2, 0.25) is 0 Å². The van der Waals surface area contributed by atoms with Gasteiger partial charge in [0.15, 0.2) is 0 Å². The van der Waals surface area contributed by atoms with Crippen molar-refractivity contribution in [2.24, 2.45) is 11.8 Å². The zero-order valence-electron chi connectivity index (χ0n) is 12.2. The third-order valence-corrected chi connectivity index (χ3v) is 3.54. The Morgan fingerprint density at radius 3 is 2.50 bits per heavy atom. The minimum absolute atomic E-state index is 0.0362. The second-order valence-electron chi connectivity index (χ2n) is 6.42. The summed E-state index contributed by atoms with van der Waals surface area (Å²) in [6, 6.07) is -0.0362. The molecule has 4 nitrogen and oxygen atoms in total. The highest BCUT2D eigenvalue weighted by Gasteiger charge is 2.25. The SMILES string of the molecule is CC(C)CC(C)(O)CNC(=O)N1CCC(C)CC1. The monoisotopic (exact) mass is 256 g/mol. The minimum Gasteiger partial charge on any atom is -0.388 e. The second-order valence-corrected chi connectivity index (χ2v) is 6.42. The summed E-state index contributed by atoms with van der Waals surface area (Å²) in [6.07, 6.45) is 2.86. The van der Waals surface area contributed by atoms with Crippen molar-refractivity contribution in [1.29, 1.82) is 0 Å². The zero-order valence-corrected chi connectivity index (χ0v) is 12.2. The van der Waals surface area contributed by atoms with Crippen molar-refractivity contribution in [3.63, 3.8) is 0 Å². The van der Waals surface area contributed by atoms with E-state index in [-0.39, 0.29) is 6.03 Å². The molecule has 106 valence electrons. The number of carbonyl (C=O) groups is 1. The summed E-state index contributed by atoms with van der Waals surface area (Å²) in [7, 11) is 0. The largest absolute Gasteiger partial charge is 0.388 e. The van der Waals surface area contributed by atoms with E-state index in [2.05, 4.69) is 26.1 Å². The van der Waals surface area contributed by atoms with E-state index in [0.717, 1.165) is 31.8 Å². The predicted molar refractivity (Wildman–Crippen MR) is 73.4 cm³/mol. The molecule has 2 N–H and O–H groups in total. The summed E-state index contributed by atoms with van der Waals surface area (Å²) < 4.78 is 0. The van der Waals surface area contributed by atoms with Gasteiger partial charge in [-0.25, -0.2) is 4.79 Å². The number of hydrogen-bond acceptors (Lipinski definition) is 2. The molecule has 0 aromatic rings. The van der Waals surface area contributed by atoms with Crippen LogP contribution in [0.1, 0.15) is 47.0 Å². The summed E-state index contributed by atoms with van der Waals surface area (Å²) in [6.45, 7) is 10.1. The van der Waals surface area contributed by atoms with Crippen molar-refractivity contribution in [1.82, 2.24) is 10.2 Å². The molecule has 18 heavy (non-hydrogen) atoms. The zero-order chi connectivity index (χ0) is 13.8. The lowest BCUT2D eigenvalue weighted by molar-refractivity contribution is 0.0390. The molecule has 1 aliphatic rings. The maximum Gasteiger partial charge on any atom is 0.317 e. The molecule has 4 heteroatoms. The van der Waals surface area contributed by atoms with Crippen LogP contribution in [0.4, 0.5) is 4.79 Å². The number of hydrogen-bond donors (Lipinski definition) is 2. The lowest BCUT2D eigenvalue weighted by Gasteiger charge is -2.32. The molecule has 1 rings (SSSR count). The van der Waals surface area contributed by atoms with Crippen LogP contribution in [0, 0.1) is 11.8 Å². The van der Waals surface area contributed by atoms with Crippen LogP contribution in [0.15, 0.2) is 0 Å². The molecule has 0 bridgehead atoms. The van der Waals surface area contributed by atoms with Crippen molar-refractivity contribution in [2.75, 3.05) is 19.6 Å². The van der Waals surface area contributed by atoms with Gasteiger partial charge in [-0.15, -0.1) is 0 Å². The fourth-order valence-electron chi connectivity index (χ4n) is 2.54. The van der Waals surface area contributed by atoms with Crippen LogP contribution < -0.4 is 5.32 Å². The summed E-state index contributed by atoms with van der Waals surface area (Å²) in [5.41, 5.74) is -0.813. The number of nitrogens with one attached hydrogen (secondary N) is 1. The molecule has 1 heterocycles. The molecule has 0 aliphatic carbocycles. The highest BCUT2D eigenvalue weighted by molar-refractivity contribution is 5.74. The molecule has 1 fully saturated rings. The first-order chi connectivity index (χ1) is 8.30. The normalized spacial score (nSPS) is 20.9. The van der Waals surface area contributed by atoms with Crippen LogP contribution in [-0.2, 0) is 0 Å². The van der Waals surface area contributed by atoms with Crippen LogP contribution in [0.3, 0.4) is 0 Å². The Hall–Kier alpha value is -0.770. The van der Waals surface area contributed by atoms with Crippen LogP contribution in [0.5, 0.6) is 0 Å². The summed E-state index contributed by atoms with van der Waals surface area (Å²) in [5.74, 6) is 1.14. The molecule has 0 radical (unpaired) electrons. The molecule has 1 atom stereocenters. The Labute approximate surface area is 111 Å². The number of amides is 2. The quantitative estimate of drug-likeness (QED) is 0.810. The van der Waals surface area contributed by atoms with Crippen molar-refractivity contribution >= 4 is 6.03 Å². The number of urea groups is 1. The Kier molecular flexibility index (Phi) is 5.45. The second kappa shape index (κ2) is 6.41. The van der Waals surface area contributed by atoms with Crippen molar-refractivity contribution in [3.8, 4) is 0 Å². The van der Waals surface area contributed by atoms with Crippen LogP contribution in [-0.4, -0.2) is 41.3 Å². The Bertz CT molecular complexity index is 269. The van der Waals surface area contributed by atoms with Crippen LogP contribution in [0.25, 0.3) is 0 Å². The lowest BCUT2D eigenvalue weighted by atomic mass is 9.94. The molecule has 1 aliphatic heterocycles. The summed E-state index contributed by atoms with van der Waals surface area (Å²) >= 11 is 0. The molecule has 0 spiro atoms. The van der Waals surface area contributed by atoms with Crippen molar-refractivity contribution in [2.45, 2.75) is 52.6 Å².